The molecule has 0 saturated carbocycles. The van der Waals surface area contributed by atoms with Gasteiger partial charge in [-0.2, -0.15) is 0 Å². The van der Waals surface area contributed by atoms with Gasteiger partial charge in [-0.05, 0) is 43.2 Å². The first kappa shape index (κ1) is 20.7. The number of para-hydroxylation sites is 2. The maximum absolute atomic E-state index is 13.0. The van der Waals surface area contributed by atoms with Crippen molar-refractivity contribution in [3.63, 3.8) is 0 Å². The van der Waals surface area contributed by atoms with E-state index in [9.17, 15) is 4.79 Å². The van der Waals surface area contributed by atoms with Crippen LogP contribution < -0.4 is 10.1 Å². The number of hydrogen-bond donors (Lipinski definition) is 1. The van der Waals surface area contributed by atoms with Gasteiger partial charge >= 0.3 is 5.97 Å². The summed E-state index contributed by atoms with van der Waals surface area (Å²) in [7, 11) is 0. The smallest absolute Gasteiger partial charge is 0.338 e. The molecule has 6 nitrogen and oxygen atoms in total. The van der Waals surface area contributed by atoms with Gasteiger partial charge in [0.1, 0.15) is 12.4 Å². The third kappa shape index (κ3) is 4.06. The van der Waals surface area contributed by atoms with E-state index in [-0.39, 0.29) is 18.6 Å². The van der Waals surface area contributed by atoms with Gasteiger partial charge in [0.15, 0.2) is 0 Å². The van der Waals surface area contributed by atoms with Gasteiger partial charge in [0.05, 0.1) is 29.3 Å². The first-order chi connectivity index (χ1) is 15.1. The molecule has 1 aliphatic heterocycles. The summed E-state index contributed by atoms with van der Waals surface area (Å²) >= 11 is 0. The highest BCUT2D eigenvalue weighted by Crippen LogP contribution is 2.39. The van der Waals surface area contributed by atoms with Crippen LogP contribution in [0.4, 0.5) is 5.95 Å². The Kier molecular flexibility index (Phi) is 6.07. The van der Waals surface area contributed by atoms with E-state index in [0.717, 1.165) is 40.9 Å². The number of aromatic nitrogens is 2. The lowest BCUT2D eigenvalue weighted by Gasteiger charge is -2.30. The molecule has 160 valence electrons. The molecule has 0 saturated heterocycles. The van der Waals surface area contributed by atoms with Crippen molar-refractivity contribution in [2.24, 2.45) is 0 Å². The minimum Gasteiger partial charge on any atom is -0.494 e. The number of rotatable bonds is 8. The molecule has 1 aromatic heterocycles. The topological polar surface area (TPSA) is 65.4 Å². The summed E-state index contributed by atoms with van der Waals surface area (Å²) in [6.45, 7) is 8.51. The lowest BCUT2D eigenvalue weighted by atomic mass is 9.95. The van der Waals surface area contributed by atoms with E-state index in [1.165, 1.54) is 0 Å². The van der Waals surface area contributed by atoms with Gasteiger partial charge < -0.3 is 14.8 Å². The minimum atomic E-state index is -0.374. The third-order valence-electron chi connectivity index (χ3n) is 5.35. The molecule has 2 heterocycles. The number of anilines is 1. The maximum Gasteiger partial charge on any atom is 0.338 e. The van der Waals surface area contributed by atoms with Crippen molar-refractivity contribution in [1.82, 2.24) is 9.55 Å². The van der Waals surface area contributed by atoms with Crippen LogP contribution in [0.1, 0.15) is 38.3 Å². The Morgan fingerprint density at radius 3 is 2.74 bits per heavy atom. The van der Waals surface area contributed by atoms with Gasteiger partial charge in [0.2, 0.25) is 5.95 Å². The fourth-order valence-corrected chi connectivity index (χ4v) is 3.84. The normalized spacial score (nSPS) is 15.4. The number of nitrogens with one attached hydrogen (secondary N) is 1. The molecule has 1 aliphatic rings. The fourth-order valence-electron chi connectivity index (χ4n) is 3.84. The van der Waals surface area contributed by atoms with Crippen LogP contribution in [0, 0.1) is 0 Å². The van der Waals surface area contributed by atoms with Gasteiger partial charge in [-0.1, -0.05) is 50.3 Å². The quantitative estimate of drug-likeness (QED) is 0.309. The van der Waals surface area contributed by atoms with Crippen LogP contribution in [0.5, 0.6) is 5.75 Å². The zero-order chi connectivity index (χ0) is 21.8. The van der Waals surface area contributed by atoms with Crippen molar-refractivity contribution in [3.8, 4) is 5.75 Å². The number of imidazole rings is 1. The molecule has 0 amide bonds. The molecule has 1 unspecified atom stereocenters. The molecule has 0 fully saturated rings. The number of carbonyl (C=O) groups is 1. The Morgan fingerprint density at radius 2 is 2.00 bits per heavy atom. The van der Waals surface area contributed by atoms with E-state index in [0.29, 0.717) is 18.1 Å². The van der Waals surface area contributed by atoms with Crippen LogP contribution in [-0.4, -0.2) is 28.7 Å². The second kappa shape index (κ2) is 9.08. The fraction of sp³-hybridized carbons (Fsp3) is 0.280. The molecule has 0 spiro atoms. The Labute approximate surface area is 182 Å². The van der Waals surface area contributed by atoms with Gasteiger partial charge in [-0.15, -0.1) is 0 Å². The minimum absolute atomic E-state index is 0.157. The first-order valence-corrected chi connectivity index (χ1v) is 10.6. The number of esters is 1. The van der Waals surface area contributed by atoms with Crippen molar-refractivity contribution >= 4 is 23.0 Å². The lowest BCUT2D eigenvalue weighted by molar-refractivity contribution is -0.138. The summed E-state index contributed by atoms with van der Waals surface area (Å²) < 4.78 is 13.3. The Balaban J connectivity index is 1.79. The molecule has 2 aromatic carbocycles. The highest BCUT2D eigenvalue weighted by molar-refractivity contribution is 5.94. The number of nitrogens with zero attached hydrogens (tertiary/aromatic N) is 2. The summed E-state index contributed by atoms with van der Waals surface area (Å²) in [5, 5.41) is 3.28. The molecule has 1 N–H and O–H groups in total. The summed E-state index contributed by atoms with van der Waals surface area (Å²) in [6, 6.07) is 15.4. The Morgan fingerprint density at radius 1 is 1.23 bits per heavy atom. The molecule has 4 rings (SSSR count). The van der Waals surface area contributed by atoms with Gasteiger partial charge in [0.25, 0.3) is 0 Å². The molecule has 1 atom stereocenters. The third-order valence-corrected chi connectivity index (χ3v) is 5.35. The number of fused-ring (bicyclic) bond motifs is 3. The predicted octanol–water partition coefficient (Wildman–Crippen LogP) is 5.23. The summed E-state index contributed by atoms with van der Waals surface area (Å²) in [5.74, 6) is 1.15. The van der Waals surface area contributed by atoms with Crippen LogP contribution in [0.15, 0.2) is 72.5 Å². The second-order valence-electron chi connectivity index (χ2n) is 7.52. The molecule has 3 aromatic rings. The maximum atomic E-state index is 13.0. The average molecular weight is 418 g/mol. The van der Waals surface area contributed by atoms with E-state index in [1.807, 2.05) is 55.5 Å². The monoisotopic (exact) mass is 417 g/mol. The predicted molar refractivity (Wildman–Crippen MR) is 122 cm³/mol. The van der Waals surface area contributed by atoms with Crippen molar-refractivity contribution in [1.29, 1.82) is 0 Å². The van der Waals surface area contributed by atoms with Crippen molar-refractivity contribution in [2.75, 3.05) is 18.5 Å². The molecular formula is C25H27N3O3. The van der Waals surface area contributed by atoms with Crippen LogP contribution >= 0.6 is 0 Å². The highest BCUT2D eigenvalue weighted by Gasteiger charge is 2.34. The zero-order valence-electron chi connectivity index (χ0n) is 17.9. The van der Waals surface area contributed by atoms with Crippen LogP contribution in [-0.2, 0) is 9.53 Å². The summed E-state index contributed by atoms with van der Waals surface area (Å²) in [6.07, 6.45) is 3.67. The molecule has 0 aliphatic carbocycles. The molecule has 6 heteroatoms. The molecule has 31 heavy (non-hydrogen) atoms. The van der Waals surface area contributed by atoms with Gasteiger partial charge in [-0.25, -0.2) is 9.78 Å². The summed E-state index contributed by atoms with van der Waals surface area (Å²) in [4.78, 5) is 17.8. The van der Waals surface area contributed by atoms with Crippen LogP contribution in [0.2, 0.25) is 0 Å². The standard InChI is InChI=1S/C25H27N3O3/c1-4-6-16-30-19-13-11-18(12-14-19)23-22(24(29)31-15-5-2)17(3)26-25-27-20-9-7-8-10-21(20)28(23)25/h5,7-14,23H,2,4,6,15-16H2,1,3H3,(H,26,27). The lowest BCUT2D eigenvalue weighted by Crippen LogP contribution is -2.29. The number of benzene rings is 2. The van der Waals surface area contributed by atoms with E-state index in [4.69, 9.17) is 14.5 Å². The largest absolute Gasteiger partial charge is 0.494 e. The van der Waals surface area contributed by atoms with Gasteiger partial charge in [-0.3, -0.25) is 4.57 Å². The van der Waals surface area contributed by atoms with Gasteiger partial charge in [0, 0.05) is 5.70 Å². The molecular weight excluding hydrogens is 390 g/mol. The average Bonchev–Trinajstić information content (AvgIpc) is 3.15. The summed E-state index contributed by atoms with van der Waals surface area (Å²) in [5.41, 5.74) is 4.05. The Bertz CT molecular complexity index is 1130. The van der Waals surface area contributed by atoms with Crippen LogP contribution in [0.25, 0.3) is 11.0 Å². The zero-order valence-corrected chi connectivity index (χ0v) is 17.9. The van der Waals surface area contributed by atoms with E-state index < -0.39 is 0 Å². The van der Waals surface area contributed by atoms with Crippen molar-refractivity contribution in [3.05, 3.63) is 78.0 Å². The van der Waals surface area contributed by atoms with E-state index in [2.05, 4.69) is 23.4 Å². The number of allylic oxidation sites excluding steroid dienone is 1. The number of hydrogen-bond acceptors (Lipinski definition) is 5. The van der Waals surface area contributed by atoms with E-state index in [1.54, 1.807) is 6.08 Å². The second-order valence-corrected chi connectivity index (χ2v) is 7.52. The first-order valence-electron chi connectivity index (χ1n) is 10.6. The Hall–Kier alpha value is -3.54. The number of unbranched alkanes of at least 4 members (excludes halogenated alkanes) is 1. The van der Waals surface area contributed by atoms with Crippen LogP contribution in [0.3, 0.4) is 0 Å². The molecule has 0 bridgehead atoms. The van der Waals surface area contributed by atoms with Crippen molar-refractivity contribution in [2.45, 2.75) is 32.7 Å². The molecule has 0 radical (unpaired) electrons. The van der Waals surface area contributed by atoms with Crippen molar-refractivity contribution < 1.29 is 14.3 Å². The number of ether oxygens (including phenoxy) is 2. The highest BCUT2D eigenvalue weighted by atomic mass is 16.5. The number of carbonyl (C=O) groups excluding carboxylic acids is 1. The van der Waals surface area contributed by atoms with E-state index >= 15 is 0 Å². The SMILES string of the molecule is C=CCOC(=O)C1=C(C)Nc2nc3ccccc3n2C1c1ccc(OCCCC)cc1.